The molecule has 1 aliphatic rings. The minimum absolute atomic E-state index is 0.714. The molecule has 1 unspecified atom stereocenters. The molecule has 1 fully saturated rings. The maximum Gasteiger partial charge on any atom is 0.225 e. The fourth-order valence-corrected chi connectivity index (χ4v) is 2.30. The first-order chi connectivity index (χ1) is 7.29. The third kappa shape index (κ3) is 2.59. The molecule has 0 aromatic carbocycles. The molecule has 0 N–H and O–H groups in total. The van der Waals surface area contributed by atoms with Crippen LogP contribution in [0.5, 0.6) is 0 Å². The highest BCUT2D eigenvalue weighted by Gasteiger charge is 2.23. The number of hydrogen-bond donors (Lipinski definition) is 0. The van der Waals surface area contributed by atoms with Gasteiger partial charge in [0.2, 0.25) is 5.95 Å². The van der Waals surface area contributed by atoms with Gasteiger partial charge in [-0.05, 0) is 31.7 Å². The van der Waals surface area contributed by atoms with Crippen LogP contribution in [0.15, 0.2) is 12.3 Å². The summed E-state index contributed by atoms with van der Waals surface area (Å²) in [7, 11) is 0. The Morgan fingerprint density at radius 2 is 2.47 bits per heavy atom. The Morgan fingerprint density at radius 3 is 3.20 bits per heavy atom. The van der Waals surface area contributed by atoms with E-state index in [0.717, 1.165) is 37.0 Å². The van der Waals surface area contributed by atoms with Crippen molar-refractivity contribution in [2.45, 2.75) is 19.8 Å². The molecule has 1 atom stereocenters. The average molecular weight is 226 g/mol. The van der Waals surface area contributed by atoms with E-state index < -0.39 is 0 Å². The third-order valence-electron chi connectivity index (χ3n) is 2.87. The lowest BCUT2D eigenvalue weighted by Crippen LogP contribution is -2.22. The fraction of sp³-hybridized carbons (Fsp3) is 0.636. The third-order valence-corrected chi connectivity index (χ3v) is 3.09. The van der Waals surface area contributed by atoms with Crippen molar-refractivity contribution in [3.05, 3.63) is 18.0 Å². The highest BCUT2D eigenvalue weighted by molar-refractivity contribution is 6.17. The van der Waals surface area contributed by atoms with Gasteiger partial charge in [0.1, 0.15) is 0 Å². The van der Waals surface area contributed by atoms with Crippen molar-refractivity contribution in [3.63, 3.8) is 0 Å². The van der Waals surface area contributed by atoms with E-state index in [-0.39, 0.29) is 0 Å². The quantitative estimate of drug-likeness (QED) is 0.739. The second-order valence-corrected chi connectivity index (χ2v) is 4.45. The predicted molar refractivity (Wildman–Crippen MR) is 62.4 cm³/mol. The molecular weight excluding hydrogens is 210 g/mol. The van der Waals surface area contributed by atoms with Gasteiger partial charge in [-0.3, -0.25) is 0 Å². The smallest absolute Gasteiger partial charge is 0.225 e. The fourth-order valence-electron chi connectivity index (χ4n) is 1.99. The molecule has 1 aliphatic heterocycles. The summed E-state index contributed by atoms with van der Waals surface area (Å²) >= 11 is 5.75. The van der Waals surface area contributed by atoms with E-state index in [9.17, 15) is 0 Å². The van der Waals surface area contributed by atoms with Crippen LogP contribution < -0.4 is 4.90 Å². The van der Waals surface area contributed by atoms with Gasteiger partial charge in [0.05, 0.1) is 0 Å². The Kier molecular flexibility index (Phi) is 3.41. The van der Waals surface area contributed by atoms with Crippen LogP contribution in [0, 0.1) is 12.8 Å². The lowest BCUT2D eigenvalue weighted by atomic mass is 10.1. The maximum atomic E-state index is 5.75. The van der Waals surface area contributed by atoms with Crippen molar-refractivity contribution in [3.8, 4) is 0 Å². The molecule has 0 radical (unpaired) electrons. The van der Waals surface area contributed by atoms with Gasteiger partial charge >= 0.3 is 0 Å². The first-order valence-corrected chi connectivity index (χ1v) is 5.93. The number of halogens is 1. The van der Waals surface area contributed by atoms with Gasteiger partial charge in [-0.25, -0.2) is 9.97 Å². The van der Waals surface area contributed by atoms with Crippen LogP contribution in [0.25, 0.3) is 0 Å². The molecule has 0 bridgehead atoms. The summed E-state index contributed by atoms with van der Waals surface area (Å²) in [5.41, 5.74) is 1.03. The van der Waals surface area contributed by atoms with Crippen molar-refractivity contribution in [2.24, 2.45) is 5.92 Å². The molecule has 1 saturated heterocycles. The Labute approximate surface area is 95.5 Å². The number of hydrogen-bond acceptors (Lipinski definition) is 3. The Hall–Kier alpha value is -0.830. The number of aryl methyl sites for hydroxylation is 1. The monoisotopic (exact) mass is 225 g/mol. The normalized spacial score (nSPS) is 20.9. The molecule has 15 heavy (non-hydrogen) atoms. The van der Waals surface area contributed by atoms with Crippen molar-refractivity contribution in [2.75, 3.05) is 23.9 Å². The summed E-state index contributed by atoms with van der Waals surface area (Å²) in [6.07, 6.45) is 4.14. The van der Waals surface area contributed by atoms with Crippen LogP contribution in [-0.4, -0.2) is 28.9 Å². The highest BCUT2D eigenvalue weighted by atomic mass is 35.5. The Morgan fingerprint density at radius 1 is 1.60 bits per heavy atom. The van der Waals surface area contributed by atoms with Crippen LogP contribution in [0.3, 0.4) is 0 Å². The van der Waals surface area contributed by atoms with Gasteiger partial charge in [0.15, 0.2) is 0 Å². The first-order valence-electron chi connectivity index (χ1n) is 5.40. The average Bonchev–Trinajstić information content (AvgIpc) is 2.67. The van der Waals surface area contributed by atoms with Crippen LogP contribution in [0.2, 0.25) is 0 Å². The van der Waals surface area contributed by atoms with E-state index in [0.29, 0.717) is 5.92 Å². The summed E-state index contributed by atoms with van der Waals surface area (Å²) < 4.78 is 0. The molecule has 82 valence electrons. The maximum absolute atomic E-state index is 5.75. The largest absolute Gasteiger partial charge is 0.341 e. The molecule has 0 spiro atoms. The first kappa shape index (κ1) is 10.7. The Balaban J connectivity index is 2.01. The van der Waals surface area contributed by atoms with Gasteiger partial charge in [0, 0.05) is 30.9 Å². The second-order valence-electron chi connectivity index (χ2n) is 4.08. The lowest BCUT2D eigenvalue weighted by Gasteiger charge is -2.16. The molecule has 1 aromatic heterocycles. The minimum atomic E-state index is 0.714. The van der Waals surface area contributed by atoms with Crippen molar-refractivity contribution in [1.82, 2.24) is 9.97 Å². The highest BCUT2D eigenvalue weighted by Crippen LogP contribution is 2.23. The van der Waals surface area contributed by atoms with E-state index in [4.69, 9.17) is 11.6 Å². The SMILES string of the molecule is Cc1ccnc(N2CCC(CCCl)C2)n1. The molecule has 0 amide bonds. The van der Waals surface area contributed by atoms with Gasteiger partial charge < -0.3 is 4.90 Å². The van der Waals surface area contributed by atoms with Gasteiger partial charge in [-0.15, -0.1) is 11.6 Å². The van der Waals surface area contributed by atoms with Crippen molar-refractivity contribution >= 4 is 17.5 Å². The van der Waals surface area contributed by atoms with Crippen LogP contribution >= 0.6 is 11.6 Å². The standard InChI is InChI=1S/C11H16ClN3/c1-9-3-6-13-11(14-9)15-7-4-10(8-15)2-5-12/h3,6,10H,2,4-5,7-8H2,1H3. The van der Waals surface area contributed by atoms with E-state index in [2.05, 4.69) is 14.9 Å². The zero-order valence-electron chi connectivity index (χ0n) is 8.99. The van der Waals surface area contributed by atoms with Gasteiger partial charge in [-0.2, -0.15) is 0 Å². The lowest BCUT2D eigenvalue weighted by molar-refractivity contribution is 0.571. The molecule has 4 heteroatoms. The van der Waals surface area contributed by atoms with Gasteiger partial charge in [0.25, 0.3) is 0 Å². The number of alkyl halides is 1. The van der Waals surface area contributed by atoms with E-state index >= 15 is 0 Å². The topological polar surface area (TPSA) is 29.0 Å². The molecule has 3 nitrogen and oxygen atoms in total. The van der Waals surface area contributed by atoms with Crippen LogP contribution in [-0.2, 0) is 0 Å². The van der Waals surface area contributed by atoms with E-state index in [1.54, 1.807) is 0 Å². The Bertz CT molecular complexity index is 329. The minimum Gasteiger partial charge on any atom is -0.341 e. The molecular formula is C11H16ClN3. The molecule has 2 heterocycles. The summed E-state index contributed by atoms with van der Waals surface area (Å²) in [4.78, 5) is 11.0. The molecule has 2 rings (SSSR count). The van der Waals surface area contributed by atoms with Gasteiger partial charge in [-0.1, -0.05) is 0 Å². The summed E-state index contributed by atoms with van der Waals surface area (Å²) in [5.74, 6) is 2.34. The molecule has 0 aliphatic carbocycles. The molecule has 1 aromatic rings. The zero-order chi connectivity index (χ0) is 10.7. The van der Waals surface area contributed by atoms with E-state index in [1.807, 2.05) is 19.2 Å². The van der Waals surface area contributed by atoms with Crippen molar-refractivity contribution < 1.29 is 0 Å². The summed E-state index contributed by atoms with van der Waals surface area (Å²) in [5, 5.41) is 0. The van der Waals surface area contributed by atoms with Crippen molar-refractivity contribution in [1.29, 1.82) is 0 Å². The second kappa shape index (κ2) is 4.79. The number of nitrogens with zero attached hydrogens (tertiary/aromatic N) is 3. The predicted octanol–water partition coefficient (Wildman–Crippen LogP) is 2.24. The number of anilines is 1. The van der Waals surface area contributed by atoms with Crippen LogP contribution in [0.4, 0.5) is 5.95 Å². The van der Waals surface area contributed by atoms with E-state index in [1.165, 1.54) is 6.42 Å². The molecule has 0 saturated carbocycles. The summed E-state index contributed by atoms with van der Waals surface area (Å²) in [6.45, 7) is 4.11. The van der Waals surface area contributed by atoms with Crippen LogP contribution in [0.1, 0.15) is 18.5 Å². The number of rotatable bonds is 3. The number of aromatic nitrogens is 2. The zero-order valence-corrected chi connectivity index (χ0v) is 9.74. The summed E-state index contributed by atoms with van der Waals surface area (Å²) in [6, 6.07) is 1.93.